The summed E-state index contributed by atoms with van der Waals surface area (Å²) >= 11 is 3.29. The van der Waals surface area contributed by atoms with E-state index in [-0.39, 0.29) is 5.91 Å². The van der Waals surface area contributed by atoms with E-state index in [1.165, 1.54) is 0 Å². The summed E-state index contributed by atoms with van der Waals surface area (Å²) < 4.78 is 2.38. The molecular weight excluding hydrogens is 284 g/mol. The molecule has 0 saturated carbocycles. The van der Waals surface area contributed by atoms with Crippen molar-refractivity contribution in [2.75, 3.05) is 11.1 Å². The van der Waals surface area contributed by atoms with Gasteiger partial charge in [0, 0.05) is 35.0 Å². The number of carbonyl (C=O) groups excluding carboxylic acids is 1. The average Bonchev–Trinajstić information content (AvgIpc) is 2.62. The van der Waals surface area contributed by atoms with Crippen molar-refractivity contribution < 1.29 is 4.79 Å². The van der Waals surface area contributed by atoms with Gasteiger partial charge in [0.05, 0.1) is 0 Å². The molecular formula is C11H11BrN4O. The number of amides is 1. The molecule has 0 aliphatic carbocycles. The number of carbonyl (C=O) groups is 1. The molecule has 0 saturated heterocycles. The van der Waals surface area contributed by atoms with Gasteiger partial charge in [-0.3, -0.25) is 9.48 Å². The van der Waals surface area contributed by atoms with E-state index in [4.69, 9.17) is 5.73 Å². The molecule has 0 aliphatic rings. The first kappa shape index (κ1) is 11.7. The second-order valence-corrected chi connectivity index (χ2v) is 4.52. The molecule has 1 aromatic heterocycles. The molecule has 5 nitrogen and oxygen atoms in total. The third-order valence-corrected chi connectivity index (χ3v) is 2.60. The van der Waals surface area contributed by atoms with Crippen LogP contribution in [0, 0.1) is 0 Å². The summed E-state index contributed by atoms with van der Waals surface area (Å²) in [6.07, 6.45) is 1.75. The fraction of sp³-hybridized carbons (Fsp3) is 0.0909. The summed E-state index contributed by atoms with van der Waals surface area (Å²) in [6.45, 7) is 0. The predicted molar refractivity (Wildman–Crippen MR) is 69.7 cm³/mol. The van der Waals surface area contributed by atoms with Crippen LogP contribution >= 0.6 is 15.9 Å². The smallest absolute Gasteiger partial charge is 0.256 e. The van der Waals surface area contributed by atoms with Crippen molar-refractivity contribution in [3.63, 3.8) is 0 Å². The molecule has 1 aromatic carbocycles. The number of aryl methyl sites for hydroxylation is 1. The maximum Gasteiger partial charge on any atom is 0.256 e. The van der Waals surface area contributed by atoms with Crippen LogP contribution in [0.2, 0.25) is 0 Å². The third-order valence-electron chi connectivity index (χ3n) is 2.14. The van der Waals surface area contributed by atoms with Crippen LogP contribution < -0.4 is 11.1 Å². The minimum Gasteiger partial charge on any atom is -0.399 e. The normalized spacial score (nSPS) is 10.2. The first-order valence-corrected chi connectivity index (χ1v) is 5.71. The lowest BCUT2D eigenvalue weighted by atomic mass is 10.2. The highest BCUT2D eigenvalue weighted by atomic mass is 79.9. The molecule has 0 fully saturated rings. The first-order valence-electron chi connectivity index (χ1n) is 4.91. The third kappa shape index (κ3) is 2.85. The number of nitrogen functional groups attached to an aromatic ring is 1. The van der Waals surface area contributed by atoms with Gasteiger partial charge in [-0.25, -0.2) is 0 Å². The first-order chi connectivity index (χ1) is 8.04. The number of anilines is 2. The van der Waals surface area contributed by atoms with Crippen molar-refractivity contribution in [3.05, 3.63) is 40.5 Å². The zero-order valence-corrected chi connectivity index (χ0v) is 10.7. The Morgan fingerprint density at radius 1 is 1.47 bits per heavy atom. The number of benzene rings is 1. The Balaban J connectivity index is 2.19. The summed E-state index contributed by atoms with van der Waals surface area (Å²) in [4.78, 5) is 11.9. The zero-order chi connectivity index (χ0) is 12.4. The quantitative estimate of drug-likeness (QED) is 0.832. The Kier molecular flexibility index (Phi) is 3.14. The van der Waals surface area contributed by atoms with E-state index in [1.54, 1.807) is 42.2 Å². The van der Waals surface area contributed by atoms with Crippen LogP contribution in [0.5, 0.6) is 0 Å². The summed E-state index contributed by atoms with van der Waals surface area (Å²) in [7, 11) is 1.78. The number of rotatable bonds is 2. The van der Waals surface area contributed by atoms with Crippen molar-refractivity contribution in [2.45, 2.75) is 0 Å². The van der Waals surface area contributed by atoms with Gasteiger partial charge in [-0.05, 0) is 18.2 Å². The SMILES string of the molecule is Cn1ccc(NC(=O)c2cc(N)cc(Br)c2)n1. The molecule has 2 aromatic rings. The van der Waals surface area contributed by atoms with Crippen LogP contribution in [0.1, 0.15) is 10.4 Å². The van der Waals surface area contributed by atoms with E-state index in [0.717, 1.165) is 4.47 Å². The minimum absolute atomic E-state index is 0.239. The van der Waals surface area contributed by atoms with E-state index < -0.39 is 0 Å². The van der Waals surface area contributed by atoms with Crippen LogP contribution in [0.15, 0.2) is 34.9 Å². The highest BCUT2D eigenvalue weighted by Crippen LogP contribution is 2.18. The number of nitrogens with one attached hydrogen (secondary N) is 1. The Morgan fingerprint density at radius 2 is 2.24 bits per heavy atom. The number of aromatic nitrogens is 2. The topological polar surface area (TPSA) is 72.9 Å². The van der Waals surface area contributed by atoms with Crippen LogP contribution in [-0.4, -0.2) is 15.7 Å². The van der Waals surface area contributed by atoms with Crippen LogP contribution in [-0.2, 0) is 7.05 Å². The summed E-state index contributed by atoms with van der Waals surface area (Å²) in [5.74, 6) is 0.271. The van der Waals surface area contributed by atoms with Crippen LogP contribution in [0.4, 0.5) is 11.5 Å². The van der Waals surface area contributed by atoms with Gasteiger partial charge < -0.3 is 11.1 Å². The monoisotopic (exact) mass is 294 g/mol. The van der Waals surface area contributed by atoms with Crippen molar-refractivity contribution in [3.8, 4) is 0 Å². The number of halogens is 1. The molecule has 0 atom stereocenters. The molecule has 88 valence electrons. The molecule has 0 aliphatic heterocycles. The number of nitrogens with two attached hydrogens (primary N) is 1. The Labute approximate surface area is 107 Å². The van der Waals surface area contributed by atoms with Crippen LogP contribution in [0.3, 0.4) is 0 Å². The predicted octanol–water partition coefficient (Wildman–Crippen LogP) is 2.02. The number of hydrogen-bond donors (Lipinski definition) is 2. The lowest BCUT2D eigenvalue weighted by molar-refractivity contribution is 0.102. The van der Waals surface area contributed by atoms with Gasteiger partial charge in [0.15, 0.2) is 5.82 Å². The second-order valence-electron chi connectivity index (χ2n) is 3.60. The maximum atomic E-state index is 11.9. The van der Waals surface area contributed by atoms with Crippen molar-refractivity contribution in [1.29, 1.82) is 0 Å². The maximum absolute atomic E-state index is 11.9. The molecule has 2 rings (SSSR count). The van der Waals surface area contributed by atoms with Crippen LogP contribution in [0.25, 0.3) is 0 Å². The zero-order valence-electron chi connectivity index (χ0n) is 9.14. The molecule has 1 heterocycles. The molecule has 3 N–H and O–H groups in total. The second kappa shape index (κ2) is 4.58. The fourth-order valence-electron chi connectivity index (χ4n) is 1.41. The lowest BCUT2D eigenvalue weighted by Crippen LogP contribution is -2.13. The molecule has 0 bridgehead atoms. The van der Waals surface area contributed by atoms with E-state index >= 15 is 0 Å². The van der Waals surface area contributed by atoms with E-state index in [1.807, 2.05) is 0 Å². The Morgan fingerprint density at radius 3 is 2.82 bits per heavy atom. The van der Waals surface area contributed by atoms with E-state index in [9.17, 15) is 4.79 Å². The molecule has 1 amide bonds. The standard InChI is InChI=1S/C11H11BrN4O/c1-16-3-2-10(15-16)14-11(17)7-4-8(12)6-9(13)5-7/h2-6H,13H2,1H3,(H,14,15,17). The minimum atomic E-state index is -0.239. The number of nitrogens with zero attached hydrogens (tertiary/aromatic N) is 2. The summed E-state index contributed by atoms with van der Waals surface area (Å²) in [5, 5.41) is 6.75. The Bertz CT molecular complexity index is 544. The lowest BCUT2D eigenvalue weighted by Gasteiger charge is -2.04. The molecule has 0 spiro atoms. The average molecular weight is 295 g/mol. The van der Waals surface area contributed by atoms with Crippen molar-refractivity contribution >= 4 is 33.3 Å². The van der Waals surface area contributed by atoms with Gasteiger partial charge in [0.25, 0.3) is 5.91 Å². The summed E-state index contributed by atoms with van der Waals surface area (Å²) in [5.41, 5.74) is 6.69. The molecule has 6 heteroatoms. The van der Waals surface area contributed by atoms with Gasteiger partial charge in [-0.2, -0.15) is 5.10 Å². The summed E-state index contributed by atoms with van der Waals surface area (Å²) in [6, 6.07) is 6.77. The van der Waals surface area contributed by atoms with Gasteiger partial charge in [-0.1, -0.05) is 15.9 Å². The van der Waals surface area contributed by atoms with Gasteiger partial charge in [0.1, 0.15) is 0 Å². The largest absolute Gasteiger partial charge is 0.399 e. The Hall–Kier alpha value is -1.82. The van der Waals surface area contributed by atoms with E-state index in [2.05, 4.69) is 26.3 Å². The fourth-order valence-corrected chi connectivity index (χ4v) is 1.92. The van der Waals surface area contributed by atoms with Crippen molar-refractivity contribution in [2.24, 2.45) is 7.05 Å². The van der Waals surface area contributed by atoms with Crippen molar-refractivity contribution in [1.82, 2.24) is 9.78 Å². The van der Waals surface area contributed by atoms with Gasteiger partial charge in [0.2, 0.25) is 0 Å². The molecule has 0 unspecified atom stereocenters. The molecule has 17 heavy (non-hydrogen) atoms. The highest BCUT2D eigenvalue weighted by Gasteiger charge is 2.09. The number of hydrogen-bond acceptors (Lipinski definition) is 3. The van der Waals surface area contributed by atoms with Gasteiger partial charge >= 0.3 is 0 Å². The van der Waals surface area contributed by atoms with E-state index in [0.29, 0.717) is 17.1 Å². The molecule has 0 radical (unpaired) electrons. The van der Waals surface area contributed by atoms with Gasteiger partial charge in [-0.15, -0.1) is 0 Å². The highest BCUT2D eigenvalue weighted by molar-refractivity contribution is 9.10.